The van der Waals surface area contributed by atoms with Crippen molar-refractivity contribution in [2.24, 2.45) is 0 Å². The Kier molecular flexibility index (Phi) is 7.22. The maximum Gasteiger partial charge on any atom is 0.241 e. The average Bonchev–Trinajstić information content (AvgIpc) is 2.75. The normalized spacial score (nSPS) is 14.9. The van der Waals surface area contributed by atoms with Crippen molar-refractivity contribution in [3.8, 4) is 0 Å². The van der Waals surface area contributed by atoms with Crippen molar-refractivity contribution in [1.29, 1.82) is 0 Å². The van der Waals surface area contributed by atoms with E-state index in [-0.39, 0.29) is 0 Å². The van der Waals surface area contributed by atoms with Crippen molar-refractivity contribution in [3.63, 3.8) is 0 Å². The highest BCUT2D eigenvalue weighted by Crippen LogP contribution is 2.29. The maximum absolute atomic E-state index is 13.0. The van der Waals surface area contributed by atoms with Gasteiger partial charge in [-0.1, -0.05) is 12.1 Å². The van der Waals surface area contributed by atoms with E-state index in [1.54, 1.807) is 0 Å². The molecule has 1 aliphatic heterocycles. The molecule has 1 N–H and O–H groups in total. The first-order chi connectivity index (χ1) is 14.2. The molecular formula is C24H34N2O3S. The minimum Gasteiger partial charge on any atom is -0.378 e. The first kappa shape index (κ1) is 22.8. The number of nitrogens with zero attached hydrogens (tertiary/aromatic N) is 1. The van der Waals surface area contributed by atoms with Gasteiger partial charge < -0.3 is 9.64 Å². The van der Waals surface area contributed by atoms with Gasteiger partial charge in [0.2, 0.25) is 10.0 Å². The molecule has 30 heavy (non-hydrogen) atoms. The van der Waals surface area contributed by atoms with Gasteiger partial charge >= 0.3 is 0 Å². The van der Waals surface area contributed by atoms with Crippen LogP contribution >= 0.6 is 0 Å². The third-order valence-corrected chi connectivity index (χ3v) is 8.18. The smallest absolute Gasteiger partial charge is 0.241 e. The zero-order valence-electron chi connectivity index (χ0n) is 18.8. The van der Waals surface area contributed by atoms with Crippen LogP contribution in [-0.4, -0.2) is 41.3 Å². The number of hydrogen-bond acceptors (Lipinski definition) is 4. The molecule has 0 radical (unpaired) electrons. The van der Waals surface area contributed by atoms with E-state index in [1.165, 1.54) is 16.8 Å². The predicted molar refractivity (Wildman–Crippen MR) is 123 cm³/mol. The van der Waals surface area contributed by atoms with E-state index in [0.717, 1.165) is 61.4 Å². The van der Waals surface area contributed by atoms with Crippen LogP contribution in [0.2, 0.25) is 0 Å². The second-order valence-electron chi connectivity index (χ2n) is 8.22. The molecule has 0 atom stereocenters. The van der Waals surface area contributed by atoms with Gasteiger partial charge in [0.15, 0.2) is 0 Å². The van der Waals surface area contributed by atoms with Crippen LogP contribution in [-0.2, 0) is 21.2 Å². The van der Waals surface area contributed by atoms with Crippen molar-refractivity contribution in [2.75, 3.05) is 37.7 Å². The summed E-state index contributed by atoms with van der Waals surface area (Å²) in [5.41, 5.74) is 7.42. The molecule has 5 nitrogen and oxygen atoms in total. The highest BCUT2D eigenvalue weighted by Gasteiger charge is 2.23. The van der Waals surface area contributed by atoms with Crippen LogP contribution in [0, 0.1) is 34.6 Å². The second-order valence-corrected chi connectivity index (χ2v) is 9.93. The zero-order valence-corrected chi connectivity index (χ0v) is 19.7. The quantitative estimate of drug-likeness (QED) is 0.675. The Morgan fingerprint density at radius 2 is 1.40 bits per heavy atom. The minimum atomic E-state index is -3.53. The summed E-state index contributed by atoms with van der Waals surface area (Å²) in [7, 11) is -3.53. The predicted octanol–water partition coefficient (Wildman–Crippen LogP) is 3.98. The highest BCUT2D eigenvalue weighted by molar-refractivity contribution is 7.89. The zero-order chi connectivity index (χ0) is 21.9. The summed E-state index contributed by atoms with van der Waals surface area (Å²) in [4.78, 5) is 2.77. The van der Waals surface area contributed by atoms with Gasteiger partial charge in [-0.3, -0.25) is 0 Å². The Hall–Kier alpha value is -1.89. The Labute approximate surface area is 181 Å². The van der Waals surface area contributed by atoms with Crippen LogP contribution in [0.1, 0.15) is 39.8 Å². The SMILES string of the molecule is Cc1c(C)c(C)c(S(=O)(=O)NCCCc2ccc(N3CCOCC3)cc2)c(C)c1C. The average molecular weight is 431 g/mol. The van der Waals surface area contributed by atoms with E-state index in [4.69, 9.17) is 4.74 Å². The molecule has 0 spiro atoms. The Balaban J connectivity index is 1.59. The number of morpholine rings is 1. The molecule has 6 heteroatoms. The van der Waals surface area contributed by atoms with Gasteiger partial charge in [-0.15, -0.1) is 0 Å². The van der Waals surface area contributed by atoms with Crippen LogP contribution in [0.5, 0.6) is 0 Å². The number of rotatable bonds is 7. The molecule has 164 valence electrons. The number of benzene rings is 2. The molecule has 3 rings (SSSR count). The fraction of sp³-hybridized carbons (Fsp3) is 0.500. The van der Waals surface area contributed by atoms with Crippen LogP contribution in [0.25, 0.3) is 0 Å². The molecule has 0 saturated carbocycles. The fourth-order valence-corrected chi connectivity index (χ4v) is 5.80. The first-order valence-electron chi connectivity index (χ1n) is 10.7. The minimum absolute atomic E-state index is 0.429. The van der Waals surface area contributed by atoms with Gasteiger partial charge in [0, 0.05) is 25.3 Å². The van der Waals surface area contributed by atoms with Gasteiger partial charge in [-0.25, -0.2) is 13.1 Å². The van der Waals surface area contributed by atoms with Gasteiger partial charge in [0.05, 0.1) is 18.1 Å². The molecule has 2 aromatic carbocycles. The van der Waals surface area contributed by atoms with Crippen LogP contribution in [0.3, 0.4) is 0 Å². The monoisotopic (exact) mass is 430 g/mol. The first-order valence-corrected chi connectivity index (χ1v) is 12.2. The third kappa shape index (κ3) is 4.88. The summed E-state index contributed by atoms with van der Waals surface area (Å²) < 4.78 is 34.2. The molecule has 0 unspecified atom stereocenters. The van der Waals surface area contributed by atoms with Crippen molar-refractivity contribution >= 4 is 15.7 Å². The van der Waals surface area contributed by atoms with Crippen molar-refractivity contribution < 1.29 is 13.2 Å². The lowest BCUT2D eigenvalue weighted by atomic mass is 9.95. The van der Waals surface area contributed by atoms with Gasteiger partial charge in [-0.05, 0) is 93.0 Å². The number of hydrogen-bond donors (Lipinski definition) is 1. The molecule has 0 aliphatic carbocycles. The number of ether oxygens (including phenoxy) is 1. The molecular weight excluding hydrogens is 396 g/mol. The number of sulfonamides is 1. The topological polar surface area (TPSA) is 58.6 Å². The Morgan fingerprint density at radius 3 is 1.97 bits per heavy atom. The summed E-state index contributed by atoms with van der Waals surface area (Å²) in [6, 6.07) is 8.57. The van der Waals surface area contributed by atoms with Gasteiger partial charge in [0.25, 0.3) is 0 Å². The largest absolute Gasteiger partial charge is 0.378 e. The van der Waals surface area contributed by atoms with E-state index in [0.29, 0.717) is 11.4 Å². The van der Waals surface area contributed by atoms with E-state index >= 15 is 0 Å². The van der Waals surface area contributed by atoms with Crippen LogP contribution in [0.4, 0.5) is 5.69 Å². The molecule has 0 aromatic heterocycles. The van der Waals surface area contributed by atoms with Crippen molar-refractivity contribution in [2.45, 2.75) is 52.4 Å². The standard InChI is InChI=1S/C24H34N2O3S/c1-17-18(2)20(4)24(21(5)19(17)3)30(27,28)25-12-6-7-22-8-10-23(11-9-22)26-13-15-29-16-14-26/h8-11,25H,6-7,12-16H2,1-5H3. The van der Waals surface area contributed by atoms with E-state index in [2.05, 4.69) is 40.8 Å². The Morgan fingerprint density at radius 1 is 0.867 bits per heavy atom. The van der Waals surface area contributed by atoms with Crippen molar-refractivity contribution in [1.82, 2.24) is 4.72 Å². The maximum atomic E-state index is 13.0. The molecule has 1 aliphatic rings. The van der Waals surface area contributed by atoms with Gasteiger partial charge in [0.1, 0.15) is 0 Å². The Bertz CT molecular complexity index is 963. The van der Waals surface area contributed by atoms with E-state index in [9.17, 15) is 8.42 Å². The third-order valence-electron chi connectivity index (χ3n) is 6.45. The highest BCUT2D eigenvalue weighted by atomic mass is 32.2. The second kappa shape index (κ2) is 9.50. The summed E-state index contributed by atoms with van der Waals surface area (Å²) in [6.07, 6.45) is 1.61. The number of nitrogens with one attached hydrogen (secondary N) is 1. The molecule has 1 fully saturated rings. The summed E-state index contributed by atoms with van der Waals surface area (Å²) >= 11 is 0. The lowest BCUT2D eigenvalue weighted by molar-refractivity contribution is 0.122. The molecule has 1 saturated heterocycles. The molecule has 0 bridgehead atoms. The molecule has 0 amide bonds. The molecule has 2 aromatic rings. The van der Waals surface area contributed by atoms with E-state index in [1.807, 2.05) is 27.7 Å². The fourth-order valence-electron chi connectivity index (χ4n) is 4.13. The summed E-state index contributed by atoms with van der Waals surface area (Å²) in [6.45, 7) is 13.7. The van der Waals surface area contributed by atoms with Crippen molar-refractivity contribution in [3.05, 3.63) is 57.6 Å². The lowest BCUT2D eigenvalue weighted by Gasteiger charge is -2.28. The molecule has 1 heterocycles. The number of aryl methyl sites for hydroxylation is 1. The van der Waals surface area contributed by atoms with Gasteiger partial charge in [-0.2, -0.15) is 0 Å². The number of anilines is 1. The summed E-state index contributed by atoms with van der Waals surface area (Å²) in [5.74, 6) is 0. The van der Waals surface area contributed by atoms with Crippen LogP contribution in [0.15, 0.2) is 29.2 Å². The lowest BCUT2D eigenvalue weighted by Crippen LogP contribution is -2.36. The van der Waals surface area contributed by atoms with E-state index < -0.39 is 10.0 Å². The van der Waals surface area contributed by atoms with Crippen LogP contribution < -0.4 is 9.62 Å². The summed E-state index contributed by atoms with van der Waals surface area (Å²) in [5, 5.41) is 0.